The van der Waals surface area contributed by atoms with E-state index in [9.17, 15) is 4.79 Å². The smallest absolute Gasteiger partial charge is 0.260 e. The van der Waals surface area contributed by atoms with Gasteiger partial charge < -0.3 is 15.0 Å². The van der Waals surface area contributed by atoms with Gasteiger partial charge in [-0.05, 0) is 38.8 Å². The minimum absolute atomic E-state index is 0.0679. The van der Waals surface area contributed by atoms with Crippen LogP contribution in [0.15, 0.2) is 12.1 Å². The number of hydrogen-bond acceptors (Lipinski definition) is 3. The fraction of sp³-hybridized carbons (Fsp3) is 0.562. The third kappa shape index (κ3) is 3.31. The molecule has 1 aromatic rings. The van der Waals surface area contributed by atoms with Gasteiger partial charge in [0.25, 0.3) is 5.91 Å². The first-order valence-corrected chi connectivity index (χ1v) is 7.20. The molecule has 0 saturated carbocycles. The quantitative estimate of drug-likeness (QED) is 0.915. The number of benzene rings is 1. The SMILES string of the molecule is Cc1cc(C)c(OCC(=O)N2CCNCC2C)c(C)c1. The number of carbonyl (C=O) groups excluding carboxylic acids is 1. The molecule has 1 atom stereocenters. The second-order valence-electron chi connectivity index (χ2n) is 5.66. The highest BCUT2D eigenvalue weighted by Crippen LogP contribution is 2.24. The minimum atomic E-state index is 0.0679. The van der Waals surface area contributed by atoms with E-state index in [0.717, 1.165) is 36.5 Å². The van der Waals surface area contributed by atoms with E-state index in [2.05, 4.69) is 31.3 Å². The first-order chi connectivity index (χ1) is 9.49. The van der Waals surface area contributed by atoms with Crippen LogP contribution in [0.4, 0.5) is 0 Å². The molecule has 1 N–H and O–H groups in total. The highest BCUT2D eigenvalue weighted by molar-refractivity contribution is 5.78. The van der Waals surface area contributed by atoms with Crippen LogP contribution in [-0.2, 0) is 4.79 Å². The summed E-state index contributed by atoms with van der Waals surface area (Å²) in [5.74, 6) is 0.908. The molecule has 20 heavy (non-hydrogen) atoms. The Morgan fingerprint density at radius 3 is 2.60 bits per heavy atom. The second kappa shape index (κ2) is 6.27. The number of aryl methyl sites for hydroxylation is 3. The van der Waals surface area contributed by atoms with Crippen LogP contribution in [0.2, 0.25) is 0 Å². The molecule has 110 valence electrons. The van der Waals surface area contributed by atoms with Crippen molar-refractivity contribution in [2.45, 2.75) is 33.7 Å². The molecule has 1 aliphatic rings. The normalized spacial score (nSPS) is 19.0. The van der Waals surface area contributed by atoms with Crippen molar-refractivity contribution in [1.82, 2.24) is 10.2 Å². The molecule has 1 amide bonds. The third-order valence-electron chi connectivity index (χ3n) is 3.77. The Hall–Kier alpha value is -1.55. The zero-order valence-corrected chi connectivity index (χ0v) is 12.8. The molecule has 0 aromatic heterocycles. The fourth-order valence-corrected chi connectivity index (χ4v) is 2.82. The molecule has 1 aliphatic heterocycles. The second-order valence-corrected chi connectivity index (χ2v) is 5.66. The summed E-state index contributed by atoms with van der Waals surface area (Å²) in [6.07, 6.45) is 0. The molecule has 1 aromatic carbocycles. The van der Waals surface area contributed by atoms with Crippen LogP contribution in [-0.4, -0.2) is 43.1 Å². The lowest BCUT2D eigenvalue weighted by Gasteiger charge is -2.34. The topological polar surface area (TPSA) is 41.6 Å². The van der Waals surface area contributed by atoms with Crippen molar-refractivity contribution < 1.29 is 9.53 Å². The fourth-order valence-electron chi connectivity index (χ4n) is 2.82. The zero-order valence-electron chi connectivity index (χ0n) is 12.8. The maximum Gasteiger partial charge on any atom is 0.260 e. The van der Waals surface area contributed by atoms with E-state index in [-0.39, 0.29) is 18.6 Å². The molecule has 1 heterocycles. The standard InChI is InChI=1S/C16H24N2O2/c1-11-7-12(2)16(13(3)8-11)20-10-15(19)18-6-5-17-9-14(18)4/h7-8,14,17H,5-6,9-10H2,1-4H3. The predicted molar refractivity (Wildman–Crippen MR) is 80.2 cm³/mol. The van der Waals surface area contributed by atoms with Gasteiger partial charge in [0.05, 0.1) is 0 Å². The number of nitrogens with one attached hydrogen (secondary N) is 1. The largest absolute Gasteiger partial charge is 0.483 e. The highest BCUT2D eigenvalue weighted by Gasteiger charge is 2.23. The Morgan fingerprint density at radius 1 is 1.35 bits per heavy atom. The van der Waals surface area contributed by atoms with Crippen molar-refractivity contribution in [1.29, 1.82) is 0 Å². The summed E-state index contributed by atoms with van der Waals surface area (Å²) in [6, 6.07) is 4.40. The van der Waals surface area contributed by atoms with Gasteiger partial charge in [-0.2, -0.15) is 0 Å². The van der Waals surface area contributed by atoms with E-state index in [4.69, 9.17) is 4.74 Å². The number of carbonyl (C=O) groups is 1. The van der Waals surface area contributed by atoms with Crippen molar-refractivity contribution in [3.8, 4) is 5.75 Å². The van der Waals surface area contributed by atoms with Crippen LogP contribution >= 0.6 is 0 Å². The Bertz CT molecular complexity index is 476. The monoisotopic (exact) mass is 276 g/mol. The molecule has 2 rings (SSSR count). The molecule has 1 saturated heterocycles. The summed E-state index contributed by atoms with van der Waals surface area (Å²) in [7, 11) is 0. The molecular formula is C16H24N2O2. The van der Waals surface area contributed by atoms with Gasteiger partial charge in [-0.25, -0.2) is 0 Å². The molecule has 0 aliphatic carbocycles. The molecule has 1 fully saturated rings. The average Bonchev–Trinajstić information content (AvgIpc) is 2.37. The number of amides is 1. The molecule has 1 unspecified atom stereocenters. The molecule has 4 nitrogen and oxygen atoms in total. The molecule has 4 heteroatoms. The highest BCUT2D eigenvalue weighted by atomic mass is 16.5. The first-order valence-electron chi connectivity index (χ1n) is 7.20. The van der Waals surface area contributed by atoms with E-state index in [1.165, 1.54) is 5.56 Å². The van der Waals surface area contributed by atoms with Gasteiger partial charge in [0.1, 0.15) is 5.75 Å². The molecule has 0 radical (unpaired) electrons. The van der Waals surface area contributed by atoms with Crippen LogP contribution in [0.5, 0.6) is 5.75 Å². The van der Waals surface area contributed by atoms with Crippen molar-refractivity contribution in [2.75, 3.05) is 26.2 Å². The van der Waals surface area contributed by atoms with E-state index < -0.39 is 0 Å². The van der Waals surface area contributed by atoms with E-state index in [0.29, 0.717) is 0 Å². The Labute approximate surface area is 121 Å². The first kappa shape index (κ1) is 14.9. The maximum absolute atomic E-state index is 12.2. The molecular weight excluding hydrogens is 252 g/mol. The lowest BCUT2D eigenvalue weighted by Crippen LogP contribution is -2.53. The maximum atomic E-state index is 12.2. The number of hydrogen-bond donors (Lipinski definition) is 1. The van der Waals surface area contributed by atoms with E-state index in [1.54, 1.807) is 0 Å². The zero-order chi connectivity index (χ0) is 14.7. The summed E-state index contributed by atoms with van der Waals surface area (Å²) >= 11 is 0. The summed E-state index contributed by atoms with van der Waals surface area (Å²) < 4.78 is 5.77. The lowest BCUT2D eigenvalue weighted by molar-refractivity contribution is -0.136. The number of ether oxygens (including phenoxy) is 1. The summed E-state index contributed by atoms with van der Waals surface area (Å²) in [4.78, 5) is 14.1. The predicted octanol–water partition coefficient (Wildman–Crippen LogP) is 1.81. The van der Waals surface area contributed by atoms with Crippen LogP contribution in [0, 0.1) is 20.8 Å². The van der Waals surface area contributed by atoms with Crippen molar-refractivity contribution in [2.24, 2.45) is 0 Å². The lowest BCUT2D eigenvalue weighted by atomic mass is 10.1. The number of nitrogens with zero attached hydrogens (tertiary/aromatic N) is 1. The molecule has 0 bridgehead atoms. The van der Waals surface area contributed by atoms with Gasteiger partial charge in [-0.1, -0.05) is 17.7 Å². The van der Waals surface area contributed by atoms with Gasteiger partial charge in [-0.3, -0.25) is 4.79 Å². The van der Waals surface area contributed by atoms with Gasteiger partial charge in [-0.15, -0.1) is 0 Å². The van der Waals surface area contributed by atoms with Crippen molar-refractivity contribution in [3.63, 3.8) is 0 Å². The Balaban J connectivity index is 2.00. The van der Waals surface area contributed by atoms with Gasteiger partial charge in [0.15, 0.2) is 6.61 Å². The van der Waals surface area contributed by atoms with Crippen LogP contribution in [0.25, 0.3) is 0 Å². The Morgan fingerprint density at radius 2 is 2.00 bits per heavy atom. The number of piperazine rings is 1. The average molecular weight is 276 g/mol. The van der Waals surface area contributed by atoms with Crippen molar-refractivity contribution >= 4 is 5.91 Å². The summed E-state index contributed by atoms with van der Waals surface area (Å²) in [6.45, 7) is 10.8. The van der Waals surface area contributed by atoms with Crippen LogP contribution in [0.3, 0.4) is 0 Å². The minimum Gasteiger partial charge on any atom is -0.483 e. The van der Waals surface area contributed by atoms with Crippen molar-refractivity contribution in [3.05, 3.63) is 28.8 Å². The number of rotatable bonds is 3. The van der Waals surface area contributed by atoms with Gasteiger partial charge in [0.2, 0.25) is 0 Å². The van der Waals surface area contributed by atoms with Crippen LogP contribution < -0.4 is 10.1 Å². The van der Waals surface area contributed by atoms with Gasteiger partial charge >= 0.3 is 0 Å². The summed E-state index contributed by atoms with van der Waals surface area (Å²) in [5, 5.41) is 3.28. The van der Waals surface area contributed by atoms with E-state index >= 15 is 0 Å². The van der Waals surface area contributed by atoms with Gasteiger partial charge in [0, 0.05) is 25.7 Å². The summed E-state index contributed by atoms with van der Waals surface area (Å²) in [5.41, 5.74) is 3.39. The third-order valence-corrected chi connectivity index (χ3v) is 3.77. The van der Waals surface area contributed by atoms with E-state index in [1.807, 2.05) is 18.7 Å². The molecule has 0 spiro atoms. The van der Waals surface area contributed by atoms with Crippen LogP contribution in [0.1, 0.15) is 23.6 Å². The Kier molecular flexibility index (Phi) is 4.65.